The Labute approximate surface area is 203 Å². The number of ether oxygens (including phenoxy) is 1. The molecule has 6 aromatic rings. The van der Waals surface area contributed by atoms with Crippen molar-refractivity contribution in [3.8, 4) is 34.3 Å². The molecule has 0 N–H and O–H groups in total. The largest absolute Gasteiger partial charge is 0.456 e. The summed E-state index contributed by atoms with van der Waals surface area (Å²) in [5.74, 6) is 1.35. The second kappa shape index (κ2) is 8.73. The smallest absolute Gasteiger partial charge is 0.222 e. The van der Waals surface area contributed by atoms with Gasteiger partial charge in [0.05, 0.1) is 11.4 Å². The van der Waals surface area contributed by atoms with E-state index in [0.29, 0.717) is 17.7 Å². The van der Waals surface area contributed by atoms with Crippen LogP contribution < -0.4 is 4.74 Å². The fourth-order valence-electron chi connectivity index (χ4n) is 4.29. The summed E-state index contributed by atoms with van der Waals surface area (Å²) in [7, 11) is 0. The van der Waals surface area contributed by atoms with Gasteiger partial charge in [0.15, 0.2) is 0 Å². The molecule has 0 atom stereocenters. The van der Waals surface area contributed by atoms with Crippen molar-refractivity contribution in [2.75, 3.05) is 0 Å². The van der Waals surface area contributed by atoms with Crippen molar-refractivity contribution >= 4 is 21.9 Å². The average Bonchev–Trinajstić information content (AvgIpc) is 3.27. The first kappa shape index (κ1) is 21.1. The summed E-state index contributed by atoms with van der Waals surface area (Å²) in [5, 5.41) is 2.22. The molecule has 0 aliphatic carbocycles. The molecule has 0 bridgehead atoms. The van der Waals surface area contributed by atoms with Gasteiger partial charge >= 0.3 is 0 Å². The van der Waals surface area contributed by atoms with Gasteiger partial charge in [0.1, 0.15) is 11.2 Å². The van der Waals surface area contributed by atoms with Gasteiger partial charge in [0.2, 0.25) is 11.8 Å². The topological polar surface area (TPSA) is 48.2 Å². The van der Waals surface area contributed by atoms with Crippen LogP contribution in [0.5, 0.6) is 11.8 Å². The van der Waals surface area contributed by atoms with Crippen molar-refractivity contribution < 1.29 is 9.15 Å². The second-order valence-corrected chi connectivity index (χ2v) is 8.92. The Bertz CT molecular complexity index is 1650. The molecule has 0 aliphatic rings. The number of hydrogen-bond donors (Lipinski definition) is 0. The van der Waals surface area contributed by atoms with Crippen LogP contribution in [0, 0.1) is 0 Å². The van der Waals surface area contributed by atoms with E-state index in [9.17, 15) is 0 Å². The molecule has 3 heterocycles. The number of furan rings is 1. The number of hydrogen-bond acceptors (Lipinski definition) is 4. The molecular formula is C31H24N2O2. The molecule has 0 unspecified atom stereocenters. The van der Waals surface area contributed by atoms with Gasteiger partial charge in [-0.25, -0.2) is 9.97 Å². The minimum Gasteiger partial charge on any atom is -0.456 e. The molecule has 0 spiro atoms. The molecule has 0 radical (unpaired) electrons. The minimum atomic E-state index is 0.317. The van der Waals surface area contributed by atoms with Crippen molar-refractivity contribution in [2.24, 2.45) is 0 Å². The molecule has 6 rings (SSSR count). The van der Waals surface area contributed by atoms with Crippen LogP contribution in [0.2, 0.25) is 0 Å². The molecule has 0 saturated heterocycles. The lowest BCUT2D eigenvalue weighted by molar-refractivity contribution is 0.445. The quantitative estimate of drug-likeness (QED) is 0.260. The summed E-state index contributed by atoms with van der Waals surface area (Å²) in [5.41, 5.74) is 6.61. The molecule has 4 nitrogen and oxygen atoms in total. The fraction of sp³-hybridized carbons (Fsp3) is 0.0968. The van der Waals surface area contributed by atoms with Gasteiger partial charge in [-0.05, 0) is 41.8 Å². The number of para-hydroxylation sites is 1. The van der Waals surface area contributed by atoms with E-state index in [1.807, 2.05) is 72.8 Å². The van der Waals surface area contributed by atoms with E-state index in [4.69, 9.17) is 19.1 Å². The summed E-state index contributed by atoms with van der Waals surface area (Å²) in [4.78, 5) is 9.54. The van der Waals surface area contributed by atoms with E-state index in [1.165, 1.54) is 0 Å². The van der Waals surface area contributed by atoms with Gasteiger partial charge in [-0.1, -0.05) is 74.5 Å². The molecule has 3 aromatic carbocycles. The lowest BCUT2D eigenvalue weighted by Gasteiger charge is -2.12. The van der Waals surface area contributed by atoms with Crippen LogP contribution >= 0.6 is 0 Å². The zero-order chi connectivity index (χ0) is 23.8. The summed E-state index contributed by atoms with van der Waals surface area (Å²) >= 11 is 0. The average molecular weight is 457 g/mol. The van der Waals surface area contributed by atoms with Crippen LogP contribution in [0.1, 0.15) is 25.3 Å². The highest BCUT2D eigenvalue weighted by Crippen LogP contribution is 2.34. The number of benzene rings is 3. The highest BCUT2D eigenvalue weighted by molar-refractivity contribution is 6.05. The minimum absolute atomic E-state index is 0.317. The molecular weight excluding hydrogens is 432 g/mol. The summed E-state index contributed by atoms with van der Waals surface area (Å²) in [6, 6.07) is 34.3. The van der Waals surface area contributed by atoms with Crippen LogP contribution in [0.15, 0.2) is 108 Å². The second-order valence-electron chi connectivity index (χ2n) is 8.92. The number of pyridine rings is 2. The standard InChI is InChI=1S/C31H24N2O2/c1-20(2)23-17-27(22-15-16-25-24-11-6-7-13-28(24)34-29(25)18-22)33-31(19-23)35-30-14-8-12-26(32-30)21-9-4-3-5-10-21/h3-20H,1-2H3. The Morgan fingerprint density at radius 1 is 0.600 bits per heavy atom. The van der Waals surface area contributed by atoms with Crippen LogP contribution in [0.3, 0.4) is 0 Å². The maximum Gasteiger partial charge on any atom is 0.222 e. The van der Waals surface area contributed by atoms with E-state index in [0.717, 1.165) is 50.0 Å². The molecule has 170 valence electrons. The van der Waals surface area contributed by atoms with Crippen LogP contribution in [-0.2, 0) is 0 Å². The highest BCUT2D eigenvalue weighted by atomic mass is 16.5. The van der Waals surface area contributed by atoms with E-state index in [1.54, 1.807) is 0 Å². The maximum absolute atomic E-state index is 6.18. The first-order valence-electron chi connectivity index (χ1n) is 11.8. The van der Waals surface area contributed by atoms with Gasteiger partial charge in [-0.2, -0.15) is 0 Å². The zero-order valence-corrected chi connectivity index (χ0v) is 19.6. The number of aromatic nitrogens is 2. The summed E-state index contributed by atoms with van der Waals surface area (Å²) < 4.78 is 12.3. The van der Waals surface area contributed by atoms with Gasteiger partial charge in [-0.3, -0.25) is 0 Å². The van der Waals surface area contributed by atoms with E-state index >= 15 is 0 Å². The number of nitrogens with zero attached hydrogens (tertiary/aromatic N) is 2. The Balaban J connectivity index is 1.39. The summed E-state index contributed by atoms with van der Waals surface area (Å²) in [6.07, 6.45) is 0. The van der Waals surface area contributed by atoms with Crippen molar-refractivity contribution in [3.63, 3.8) is 0 Å². The van der Waals surface area contributed by atoms with Crippen molar-refractivity contribution in [1.29, 1.82) is 0 Å². The maximum atomic E-state index is 6.18. The predicted octanol–water partition coefficient (Wildman–Crippen LogP) is 8.63. The van der Waals surface area contributed by atoms with Crippen LogP contribution in [0.4, 0.5) is 0 Å². The van der Waals surface area contributed by atoms with Gasteiger partial charge in [-0.15, -0.1) is 0 Å². The lowest BCUT2D eigenvalue weighted by atomic mass is 10.0. The molecule has 35 heavy (non-hydrogen) atoms. The Kier molecular flexibility index (Phi) is 5.27. The number of rotatable bonds is 5. The third-order valence-corrected chi connectivity index (χ3v) is 6.17. The van der Waals surface area contributed by atoms with Crippen LogP contribution in [-0.4, -0.2) is 9.97 Å². The highest BCUT2D eigenvalue weighted by Gasteiger charge is 2.13. The predicted molar refractivity (Wildman–Crippen MR) is 141 cm³/mol. The first-order valence-corrected chi connectivity index (χ1v) is 11.8. The Hall–Kier alpha value is -4.44. The van der Waals surface area contributed by atoms with Crippen molar-refractivity contribution in [2.45, 2.75) is 19.8 Å². The molecule has 3 aromatic heterocycles. The van der Waals surface area contributed by atoms with Crippen molar-refractivity contribution in [1.82, 2.24) is 9.97 Å². The van der Waals surface area contributed by atoms with E-state index in [-0.39, 0.29) is 0 Å². The Morgan fingerprint density at radius 2 is 1.37 bits per heavy atom. The van der Waals surface area contributed by atoms with Crippen molar-refractivity contribution in [3.05, 3.63) is 109 Å². The summed E-state index contributed by atoms with van der Waals surface area (Å²) in [6.45, 7) is 4.33. The lowest BCUT2D eigenvalue weighted by Crippen LogP contribution is -1.97. The van der Waals surface area contributed by atoms with E-state index < -0.39 is 0 Å². The van der Waals surface area contributed by atoms with Gasteiger partial charge < -0.3 is 9.15 Å². The third kappa shape index (κ3) is 4.15. The monoisotopic (exact) mass is 456 g/mol. The third-order valence-electron chi connectivity index (χ3n) is 6.17. The molecule has 4 heteroatoms. The fourth-order valence-corrected chi connectivity index (χ4v) is 4.29. The van der Waals surface area contributed by atoms with Gasteiger partial charge in [0.25, 0.3) is 0 Å². The molecule has 0 amide bonds. The van der Waals surface area contributed by atoms with E-state index in [2.05, 4.69) is 44.2 Å². The Morgan fingerprint density at radius 3 is 2.23 bits per heavy atom. The molecule has 0 aliphatic heterocycles. The van der Waals surface area contributed by atoms with Gasteiger partial charge in [0, 0.05) is 34.0 Å². The molecule has 0 fully saturated rings. The SMILES string of the molecule is CC(C)c1cc(Oc2cccc(-c3ccccc3)n2)nc(-c2ccc3c(c2)oc2ccccc23)c1. The number of fused-ring (bicyclic) bond motifs is 3. The zero-order valence-electron chi connectivity index (χ0n) is 19.6. The normalized spacial score (nSPS) is 11.4. The van der Waals surface area contributed by atoms with Crippen LogP contribution in [0.25, 0.3) is 44.5 Å². The first-order chi connectivity index (χ1) is 17.1. The molecule has 0 saturated carbocycles.